The number of furan rings is 1. The molecule has 0 saturated heterocycles. The molecular formula is C12H11N5O2S. The highest BCUT2D eigenvalue weighted by Crippen LogP contribution is 2.16. The Hall–Kier alpha value is -2.48. The van der Waals surface area contributed by atoms with E-state index in [9.17, 15) is 4.79 Å². The van der Waals surface area contributed by atoms with E-state index in [-0.39, 0.29) is 12.5 Å². The number of carbonyl (C=O) groups excluding carboxylic acids is 1. The van der Waals surface area contributed by atoms with Gasteiger partial charge in [-0.25, -0.2) is 0 Å². The minimum Gasteiger partial charge on any atom is -0.467 e. The fourth-order valence-electron chi connectivity index (χ4n) is 1.60. The monoisotopic (exact) mass is 289 g/mol. The number of nitrogens with one attached hydrogen (secondary N) is 1. The Labute approximate surface area is 118 Å². The Bertz CT molecular complexity index is 675. The zero-order valence-electron chi connectivity index (χ0n) is 10.4. The van der Waals surface area contributed by atoms with Crippen LogP contribution in [0.2, 0.25) is 0 Å². The van der Waals surface area contributed by atoms with Crippen molar-refractivity contribution >= 4 is 17.2 Å². The van der Waals surface area contributed by atoms with Crippen molar-refractivity contribution in [3.05, 3.63) is 41.0 Å². The highest BCUT2D eigenvalue weighted by atomic mass is 32.1. The summed E-state index contributed by atoms with van der Waals surface area (Å²) in [6.45, 7) is 0.371. The molecule has 0 bridgehead atoms. The Morgan fingerprint density at radius 1 is 1.45 bits per heavy atom. The second-order valence-corrected chi connectivity index (χ2v) is 4.79. The van der Waals surface area contributed by atoms with E-state index >= 15 is 0 Å². The van der Waals surface area contributed by atoms with Gasteiger partial charge in [-0.15, -0.1) is 10.2 Å². The first-order chi connectivity index (χ1) is 9.81. The molecule has 1 N–H and O–H groups in total. The molecule has 7 nitrogen and oxygen atoms in total. The first kappa shape index (κ1) is 12.5. The van der Waals surface area contributed by atoms with Crippen LogP contribution in [0.25, 0.3) is 11.4 Å². The summed E-state index contributed by atoms with van der Waals surface area (Å²) in [5.74, 6) is 1.02. The molecule has 0 aromatic carbocycles. The Kier molecular flexibility index (Phi) is 3.55. The van der Waals surface area contributed by atoms with E-state index in [1.807, 2.05) is 16.8 Å². The molecule has 0 unspecified atom stereocenters. The van der Waals surface area contributed by atoms with Gasteiger partial charge in [-0.05, 0) is 28.8 Å². The quantitative estimate of drug-likeness (QED) is 0.765. The lowest BCUT2D eigenvalue weighted by Gasteiger charge is -2.01. The van der Waals surface area contributed by atoms with Gasteiger partial charge in [-0.3, -0.25) is 4.79 Å². The van der Waals surface area contributed by atoms with Crippen LogP contribution >= 0.6 is 11.3 Å². The maximum absolute atomic E-state index is 11.7. The number of hydrogen-bond acceptors (Lipinski definition) is 6. The normalized spacial score (nSPS) is 10.6. The summed E-state index contributed by atoms with van der Waals surface area (Å²) in [4.78, 5) is 13.0. The molecule has 8 heteroatoms. The fraction of sp³-hybridized carbons (Fsp3) is 0.167. The van der Waals surface area contributed by atoms with Gasteiger partial charge in [0.1, 0.15) is 12.3 Å². The van der Waals surface area contributed by atoms with Crippen LogP contribution in [-0.2, 0) is 17.9 Å². The van der Waals surface area contributed by atoms with Crippen molar-refractivity contribution in [2.45, 2.75) is 13.1 Å². The van der Waals surface area contributed by atoms with Crippen LogP contribution in [0.3, 0.4) is 0 Å². The Morgan fingerprint density at radius 2 is 2.40 bits per heavy atom. The molecule has 0 radical (unpaired) electrons. The molecule has 3 rings (SSSR count). The summed E-state index contributed by atoms with van der Waals surface area (Å²) in [6, 6.07) is 5.47. The predicted molar refractivity (Wildman–Crippen MR) is 71.7 cm³/mol. The number of aromatic nitrogens is 4. The van der Waals surface area contributed by atoms with Gasteiger partial charge in [0.05, 0.1) is 12.8 Å². The summed E-state index contributed by atoms with van der Waals surface area (Å²) >= 11 is 1.56. The summed E-state index contributed by atoms with van der Waals surface area (Å²) in [5.41, 5.74) is 0.900. The average Bonchev–Trinajstić information content (AvgIpc) is 3.18. The third kappa shape index (κ3) is 2.91. The maximum Gasteiger partial charge on any atom is 0.244 e. The topological polar surface area (TPSA) is 85.8 Å². The van der Waals surface area contributed by atoms with Crippen LogP contribution in [0.4, 0.5) is 0 Å². The second kappa shape index (κ2) is 5.66. The molecule has 20 heavy (non-hydrogen) atoms. The number of amides is 1. The molecule has 3 aromatic heterocycles. The van der Waals surface area contributed by atoms with E-state index in [0.717, 1.165) is 5.56 Å². The van der Waals surface area contributed by atoms with Crippen LogP contribution in [0, 0.1) is 0 Å². The Balaban J connectivity index is 1.56. The maximum atomic E-state index is 11.7. The van der Waals surface area contributed by atoms with Crippen molar-refractivity contribution in [2.24, 2.45) is 0 Å². The molecule has 0 aliphatic heterocycles. The van der Waals surface area contributed by atoms with Crippen LogP contribution in [0.15, 0.2) is 39.6 Å². The van der Waals surface area contributed by atoms with Crippen LogP contribution in [0.5, 0.6) is 0 Å². The van der Waals surface area contributed by atoms with E-state index in [1.165, 1.54) is 4.80 Å². The molecule has 0 spiro atoms. The molecule has 0 atom stereocenters. The number of tetrazole rings is 1. The third-order valence-electron chi connectivity index (χ3n) is 2.56. The molecule has 0 aliphatic carbocycles. The minimum absolute atomic E-state index is 0.0256. The molecule has 0 aliphatic rings. The summed E-state index contributed by atoms with van der Waals surface area (Å²) in [7, 11) is 0. The van der Waals surface area contributed by atoms with Crippen molar-refractivity contribution in [3.63, 3.8) is 0 Å². The smallest absolute Gasteiger partial charge is 0.244 e. The first-order valence-corrected chi connectivity index (χ1v) is 6.85. The molecule has 102 valence electrons. The number of hydrogen-bond donors (Lipinski definition) is 1. The average molecular weight is 289 g/mol. The fourth-order valence-corrected chi connectivity index (χ4v) is 2.24. The van der Waals surface area contributed by atoms with Gasteiger partial charge in [0.15, 0.2) is 0 Å². The van der Waals surface area contributed by atoms with Gasteiger partial charge in [0, 0.05) is 10.9 Å². The standard InChI is InChI=1S/C12H11N5O2S/c18-11(13-6-10-2-1-4-19-10)7-17-15-12(14-16-17)9-3-5-20-8-9/h1-5,8H,6-7H2,(H,13,18). The number of thiophene rings is 1. The van der Waals surface area contributed by atoms with Gasteiger partial charge in [-0.1, -0.05) is 0 Å². The van der Waals surface area contributed by atoms with Crippen LogP contribution < -0.4 is 5.32 Å². The Morgan fingerprint density at radius 3 is 3.15 bits per heavy atom. The number of rotatable bonds is 5. The second-order valence-electron chi connectivity index (χ2n) is 4.01. The zero-order valence-corrected chi connectivity index (χ0v) is 11.2. The lowest BCUT2D eigenvalue weighted by molar-refractivity contribution is -0.122. The molecule has 0 fully saturated rings. The predicted octanol–water partition coefficient (Wildman–Crippen LogP) is 1.31. The largest absolute Gasteiger partial charge is 0.467 e. The van der Waals surface area contributed by atoms with Gasteiger partial charge < -0.3 is 9.73 Å². The van der Waals surface area contributed by atoms with Gasteiger partial charge >= 0.3 is 0 Å². The number of carbonyl (C=O) groups is 1. The SMILES string of the molecule is O=C(Cn1nnc(-c2ccsc2)n1)NCc1ccco1. The van der Waals surface area contributed by atoms with E-state index in [4.69, 9.17) is 4.42 Å². The minimum atomic E-state index is -0.198. The molecule has 0 saturated carbocycles. The van der Waals surface area contributed by atoms with E-state index < -0.39 is 0 Å². The molecule has 3 aromatic rings. The molecule has 3 heterocycles. The van der Waals surface area contributed by atoms with Crippen molar-refractivity contribution in [2.75, 3.05) is 0 Å². The highest BCUT2D eigenvalue weighted by molar-refractivity contribution is 7.08. The molecular weight excluding hydrogens is 278 g/mol. The van der Waals surface area contributed by atoms with Crippen molar-refractivity contribution in [1.29, 1.82) is 0 Å². The lowest BCUT2D eigenvalue weighted by atomic mass is 10.3. The summed E-state index contributed by atoms with van der Waals surface area (Å²) < 4.78 is 5.12. The summed E-state index contributed by atoms with van der Waals surface area (Å²) in [6.07, 6.45) is 1.56. The first-order valence-electron chi connectivity index (χ1n) is 5.91. The van der Waals surface area contributed by atoms with Gasteiger partial charge in [0.2, 0.25) is 11.7 Å². The van der Waals surface area contributed by atoms with Gasteiger partial charge in [0.25, 0.3) is 0 Å². The van der Waals surface area contributed by atoms with E-state index in [0.29, 0.717) is 18.1 Å². The van der Waals surface area contributed by atoms with E-state index in [2.05, 4.69) is 20.7 Å². The lowest BCUT2D eigenvalue weighted by Crippen LogP contribution is -2.27. The van der Waals surface area contributed by atoms with Crippen LogP contribution in [0.1, 0.15) is 5.76 Å². The van der Waals surface area contributed by atoms with E-state index in [1.54, 1.807) is 29.7 Å². The zero-order chi connectivity index (χ0) is 13.8. The summed E-state index contributed by atoms with van der Waals surface area (Å²) in [5, 5.41) is 18.5. The van der Waals surface area contributed by atoms with Crippen molar-refractivity contribution < 1.29 is 9.21 Å². The van der Waals surface area contributed by atoms with Crippen molar-refractivity contribution in [3.8, 4) is 11.4 Å². The van der Waals surface area contributed by atoms with Gasteiger partial charge in [-0.2, -0.15) is 16.1 Å². The molecule has 1 amide bonds. The third-order valence-corrected chi connectivity index (χ3v) is 3.24. The number of nitrogens with zero attached hydrogens (tertiary/aromatic N) is 4. The highest BCUT2D eigenvalue weighted by Gasteiger charge is 2.09. The van der Waals surface area contributed by atoms with Crippen molar-refractivity contribution in [1.82, 2.24) is 25.5 Å². The van der Waals surface area contributed by atoms with Crippen LogP contribution in [-0.4, -0.2) is 26.1 Å².